The number of amides is 2. The number of non-ortho nitro benzene ring substituents is 1. The summed E-state index contributed by atoms with van der Waals surface area (Å²) in [5.41, 5.74) is 0.872. The Morgan fingerprint density at radius 1 is 1.03 bits per heavy atom. The topological polar surface area (TPSA) is 124 Å². The fraction of sp³-hybridized carbons (Fsp3) is 0.0435. The van der Waals surface area contributed by atoms with Gasteiger partial charge in [-0.15, -0.1) is 0 Å². The third-order valence-corrected chi connectivity index (χ3v) is 7.68. The van der Waals surface area contributed by atoms with Crippen LogP contribution >= 0.6 is 34.4 Å². The molecule has 0 aromatic heterocycles. The first-order valence-corrected chi connectivity index (χ1v) is 13.2. The van der Waals surface area contributed by atoms with Crippen molar-refractivity contribution in [2.24, 2.45) is 0 Å². The van der Waals surface area contributed by atoms with Gasteiger partial charge < -0.3 is 4.18 Å². The smallest absolute Gasteiger partial charge is 0.339 e. The van der Waals surface area contributed by atoms with Crippen molar-refractivity contribution in [1.29, 1.82) is 0 Å². The van der Waals surface area contributed by atoms with E-state index in [1.807, 2.05) is 24.3 Å². The fourth-order valence-corrected chi connectivity index (χ4v) is 5.31. The molecule has 0 aliphatic carbocycles. The van der Waals surface area contributed by atoms with Crippen LogP contribution in [0.1, 0.15) is 11.1 Å². The number of thioether (sulfide) groups is 1. The van der Waals surface area contributed by atoms with Gasteiger partial charge in [0.15, 0.2) is 0 Å². The van der Waals surface area contributed by atoms with Crippen molar-refractivity contribution in [3.8, 4) is 5.75 Å². The molecule has 4 rings (SSSR count). The van der Waals surface area contributed by atoms with Crippen molar-refractivity contribution in [2.75, 3.05) is 0 Å². The number of benzene rings is 3. The van der Waals surface area contributed by atoms with E-state index in [0.717, 1.165) is 31.9 Å². The minimum absolute atomic E-state index is 0.0524. The van der Waals surface area contributed by atoms with Gasteiger partial charge in [-0.3, -0.25) is 24.6 Å². The Morgan fingerprint density at radius 3 is 2.46 bits per heavy atom. The van der Waals surface area contributed by atoms with Crippen molar-refractivity contribution < 1.29 is 27.1 Å². The largest absolute Gasteiger partial charge is 0.379 e. The molecule has 9 nitrogen and oxygen atoms in total. The van der Waals surface area contributed by atoms with E-state index in [0.29, 0.717) is 5.56 Å². The highest BCUT2D eigenvalue weighted by molar-refractivity contribution is 14.1. The molecule has 0 atom stereocenters. The van der Waals surface area contributed by atoms with E-state index in [-0.39, 0.29) is 27.8 Å². The van der Waals surface area contributed by atoms with Gasteiger partial charge in [-0.05, 0) is 81.9 Å². The monoisotopic (exact) mass is 622 g/mol. The molecule has 0 bridgehead atoms. The summed E-state index contributed by atoms with van der Waals surface area (Å²) in [6.07, 6.45) is 1.48. The molecule has 1 aliphatic heterocycles. The zero-order valence-electron chi connectivity index (χ0n) is 17.7. The number of hydrogen-bond donors (Lipinski definition) is 0. The van der Waals surface area contributed by atoms with E-state index in [4.69, 9.17) is 4.18 Å². The maximum absolute atomic E-state index is 12.8. The van der Waals surface area contributed by atoms with Crippen LogP contribution in [0, 0.1) is 13.7 Å². The molecule has 3 aromatic carbocycles. The van der Waals surface area contributed by atoms with Crippen LogP contribution in [0.15, 0.2) is 82.6 Å². The number of hydrogen-bond acceptors (Lipinski definition) is 8. The molecule has 1 fully saturated rings. The second-order valence-corrected chi connectivity index (χ2v) is 11.0. The number of nitro groups is 1. The molecule has 1 heterocycles. The van der Waals surface area contributed by atoms with Gasteiger partial charge in [0.2, 0.25) is 0 Å². The Kier molecular flexibility index (Phi) is 7.23. The lowest BCUT2D eigenvalue weighted by atomic mass is 10.2. The Hall–Kier alpha value is -3.23. The summed E-state index contributed by atoms with van der Waals surface area (Å²) in [5.74, 6) is -0.502. The summed E-state index contributed by atoms with van der Waals surface area (Å²) >= 11 is 2.96. The van der Waals surface area contributed by atoms with Gasteiger partial charge in [-0.25, -0.2) is 0 Å². The van der Waals surface area contributed by atoms with Crippen molar-refractivity contribution in [3.63, 3.8) is 0 Å². The lowest BCUT2D eigenvalue weighted by Gasteiger charge is -2.12. The summed E-state index contributed by atoms with van der Waals surface area (Å²) < 4.78 is 31.4. The Labute approximate surface area is 218 Å². The maximum Gasteiger partial charge on any atom is 0.339 e. The van der Waals surface area contributed by atoms with Crippen molar-refractivity contribution >= 4 is 67.4 Å². The maximum atomic E-state index is 12.8. The Bertz CT molecular complexity index is 1470. The molecule has 1 saturated heterocycles. The number of halogens is 1. The average molecular weight is 622 g/mol. The lowest BCUT2D eigenvalue weighted by molar-refractivity contribution is -0.385. The van der Waals surface area contributed by atoms with Crippen LogP contribution in [0.4, 0.5) is 10.5 Å². The Balaban J connectivity index is 1.53. The molecule has 0 N–H and O–H groups in total. The highest BCUT2D eigenvalue weighted by Crippen LogP contribution is 2.34. The van der Waals surface area contributed by atoms with Gasteiger partial charge in [-0.1, -0.05) is 30.3 Å². The van der Waals surface area contributed by atoms with Crippen LogP contribution in [0.3, 0.4) is 0 Å². The van der Waals surface area contributed by atoms with Gasteiger partial charge in [0, 0.05) is 15.7 Å². The summed E-state index contributed by atoms with van der Waals surface area (Å²) in [5, 5.41) is 10.5. The highest BCUT2D eigenvalue weighted by Gasteiger charge is 2.35. The predicted octanol–water partition coefficient (Wildman–Crippen LogP) is 5.20. The molecule has 2 amide bonds. The molecule has 0 radical (unpaired) electrons. The first kappa shape index (κ1) is 24.9. The van der Waals surface area contributed by atoms with Crippen molar-refractivity contribution in [3.05, 3.63) is 103 Å². The predicted molar refractivity (Wildman–Crippen MR) is 138 cm³/mol. The molecule has 0 saturated carbocycles. The standard InChI is InChI=1S/C23H15IN2O7S2/c24-17-9-7-15(8-10-17)14-25-22(27)21(34-23(25)28)12-16-3-1-5-19(11-16)33-35(31,32)20-6-2-4-18(13-20)26(29)30/h1-13H,14H2/b21-12-. The molecule has 1 aliphatic rings. The summed E-state index contributed by atoms with van der Waals surface area (Å²) in [6, 6.07) is 17.9. The van der Waals surface area contributed by atoms with E-state index >= 15 is 0 Å². The molecule has 0 unspecified atom stereocenters. The van der Waals surface area contributed by atoms with Crippen LogP contribution in [0.2, 0.25) is 0 Å². The molecule has 0 spiro atoms. The van der Waals surface area contributed by atoms with Crippen LogP contribution in [-0.4, -0.2) is 29.4 Å². The van der Waals surface area contributed by atoms with Crippen molar-refractivity contribution in [2.45, 2.75) is 11.4 Å². The normalized spacial score (nSPS) is 15.0. The fourth-order valence-electron chi connectivity index (χ4n) is 3.14. The molecule has 35 heavy (non-hydrogen) atoms. The zero-order valence-corrected chi connectivity index (χ0v) is 21.4. The lowest BCUT2D eigenvalue weighted by Crippen LogP contribution is -2.27. The first-order valence-electron chi connectivity index (χ1n) is 9.91. The van der Waals surface area contributed by atoms with Gasteiger partial charge in [0.05, 0.1) is 16.4 Å². The molecule has 3 aromatic rings. The number of carbonyl (C=O) groups is 2. The first-order chi connectivity index (χ1) is 16.6. The van der Waals surface area contributed by atoms with Crippen LogP contribution in [0.5, 0.6) is 5.75 Å². The van der Waals surface area contributed by atoms with Gasteiger partial charge in [0.25, 0.3) is 16.8 Å². The van der Waals surface area contributed by atoms with Crippen LogP contribution in [0.25, 0.3) is 6.08 Å². The SMILES string of the molecule is O=C1S/C(=C\c2cccc(OS(=O)(=O)c3cccc([N+](=O)[O-])c3)c2)C(=O)N1Cc1ccc(I)cc1. The van der Waals surface area contributed by atoms with Crippen LogP contribution < -0.4 is 4.18 Å². The minimum atomic E-state index is -4.34. The van der Waals surface area contributed by atoms with Gasteiger partial charge in [-0.2, -0.15) is 8.42 Å². The zero-order chi connectivity index (χ0) is 25.2. The third-order valence-electron chi connectivity index (χ3n) is 4.81. The summed E-state index contributed by atoms with van der Waals surface area (Å²) in [6.45, 7) is 0.142. The van der Waals surface area contributed by atoms with E-state index in [1.54, 1.807) is 6.07 Å². The average Bonchev–Trinajstić information content (AvgIpc) is 3.07. The van der Waals surface area contributed by atoms with E-state index in [2.05, 4.69) is 22.6 Å². The molecular formula is C23H15IN2O7S2. The number of rotatable bonds is 7. The molecule has 178 valence electrons. The Morgan fingerprint density at radius 2 is 1.74 bits per heavy atom. The second kappa shape index (κ2) is 10.2. The van der Waals surface area contributed by atoms with E-state index < -0.39 is 26.2 Å². The second-order valence-electron chi connectivity index (χ2n) is 7.26. The van der Waals surface area contributed by atoms with Crippen molar-refractivity contribution in [1.82, 2.24) is 4.90 Å². The minimum Gasteiger partial charge on any atom is -0.379 e. The third kappa shape index (κ3) is 5.89. The summed E-state index contributed by atoms with van der Waals surface area (Å²) in [4.78, 5) is 36.4. The van der Waals surface area contributed by atoms with Gasteiger partial charge in [0.1, 0.15) is 10.6 Å². The number of nitro benzene ring substituents is 1. The van der Waals surface area contributed by atoms with Crippen LogP contribution in [-0.2, 0) is 21.5 Å². The number of imide groups is 1. The highest BCUT2D eigenvalue weighted by atomic mass is 127. The van der Waals surface area contributed by atoms with E-state index in [9.17, 15) is 28.1 Å². The quantitative estimate of drug-likeness (QED) is 0.116. The van der Waals surface area contributed by atoms with Gasteiger partial charge >= 0.3 is 10.1 Å². The number of nitrogens with zero attached hydrogens (tertiary/aromatic N) is 2. The molecular weight excluding hydrogens is 607 g/mol. The van der Waals surface area contributed by atoms with E-state index in [1.165, 1.54) is 42.5 Å². The number of carbonyl (C=O) groups excluding carboxylic acids is 2. The molecule has 12 heteroatoms. The summed E-state index contributed by atoms with van der Waals surface area (Å²) in [7, 11) is -4.34.